The van der Waals surface area contributed by atoms with Gasteiger partial charge in [-0.05, 0) is 55.3 Å². The van der Waals surface area contributed by atoms with Crippen molar-refractivity contribution in [1.29, 1.82) is 0 Å². The molecule has 0 aromatic carbocycles. The first kappa shape index (κ1) is 11.4. The summed E-state index contributed by atoms with van der Waals surface area (Å²) in [6, 6.07) is 0. The molecule has 0 spiro atoms. The van der Waals surface area contributed by atoms with E-state index in [9.17, 15) is 0 Å². The van der Waals surface area contributed by atoms with Gasteiger partial charge in [-0.25, -0.2) is 0 Å². The van der Waals surface area contributed by atoms with Crippen molar-refractivity contribution < 1.29 is 0 Å². The van der Waals surface area contributed by atoms with Gasteiger partial charge in [-0.3, -0.25) is 0 Å². The van der Waals surface area contributed by atoms with Gasteiger partial charge in [0.05, 0.1) is 0 Å². The molecule has 0 aliphatic heterocycles. The van der Waals surface area contributed by atoms with E-state index in [0.717, 1.165) is 12.5 Å². The van der Waals surface area contributed by atoms with Crippen molar-refractivity contribution in [3.63, 3.8) is 0 Å². The molecule has 4 bridgehead atoms. The molecule has 4 fully saturated rings. The standard InChI is InChI=1S/C14H25NS/c1-12-5-11-6-13(2,8-12)10-14(7-11,9-12)16-4-3-15/h11H,3-10,15H2,1-2H3/t11?,12-,13+,14?. The van der Waals surface area contributed by atoms with E-state index in [4.69, 9.17) is 5.73 Å². The van der Waals surface area contributed by atoms with E-state index in [0.29, 0.717) is 15.6 Å². The molecule has 2 N–H and O–H groups in total. The third kappa shape index (κ3) is 1.73. The molecule has 4 aliphatic carbocycles. The van der Waals surface area contributed by atoms with Gasteiger partial charge in [-0.1, -0.05) is 13.8 Å². The summed E-state index contributed by atoms with van der Waals surface area (Å²) in [6.45, 7) is 5.95. The molecular weight excluding hydrogens is 214 g/mol. The minimum absolute atomic E-state index is 0.613. The second kappa shape index (κ2) is 3.41. The molecule has 0 radical (unpaired) electrons. The highest BCUT2D eigenvalue weighted by molar-refractivity contribution is 8.00. The number of nitrogens with two attached hydrogens (primary N) is 1. The van der Waals surface area contributed by atoms with Gasteiger partial charge in [0.1, 0.15) is 0 Å². The van der Waals surface area contributed by atoms with Gasteiger partial charge in [0.25, 0.3) is 0 Å². The molecule has 4 aliphatic rings. The third-order valence-electron chi connectivity index (χ3n) is 5.10. The number of hydrogen-bond donors (Lipinski definition) is 1. The Kier molecular flexibility index (Phi) is 2.43. The van der Waals surface area contributed by atoms with E-state index < -0.39 is 0 Å². The van der Waals surface area contributed by atoms with Crippen LogP contribution in [-0.2, 0) is 0 Å². The molecule has 0 heterocycles. The predicted molar refractivity (Wildman–Crippen MR) is 71.6 cm³/mol. The van der Waals surface area contributed by atoms with Crippen molar-refractivity contribution >= 4 is 11.8 Å². The van der Waals surface area contributed by atoms with Gasteiger partial charge in [-0.2, -0.15) is 11.8 Å². The van der Waals surface area contributed by atoms with Crippen LogP contribution in [0.3, 0.4) is 0 Å². The summed E-state index contributed by atoms with van der Waals surface area (Å²) in [5.41, 5.74) is 7.03. The third-order valence-corrected chi connectivity index (χ3v) is 6.61. The Morgan fingerprint density at radius 3 is 2.19 bits per heavy atom. The van der Waals surface area contributed by atoms with Crippen LogP contribution in [0.1, 0.15) is 52.4 Å². The number of hydrogen-bond acceptors (Lipinski definition) is 2. The van der Waals surface area contributed by atoms with Crippen LogP contribution >= 0.6 is 11.8 Å². The van der Waals surface area contributed by atoms with Gasteiger partial charge in [-0.15, -0.1) is 0 Å². The quantitative estimate of drug-likeness (QED) is 0.816. The maximum Gasteiger partial charge on any atom is 0.0173 e. The Morgan fingerprint density at radius 2 is 1.69 bits per heavy atom. The maximum atomic E-state index is 5.70. The highest BCUT2D eigenvalue weighted by atomic mass is 32.2. The molecule has 16 heavy (non-hydrogen) atoms. The minimum Gasteiger partial charge on any atom is -0.330 e. The molecule has 92 valence electrons. The van der Waals surface area contributed by atoms with Crippen LogP contribution in [0.4, 0.5) is 0 Å². The Morgan fingerprint density at radius 1 is 1.06 bits per heavy atom. The topological polar surface area (TPSA) is 26.0 Å². The van der Waals surface area contributed by atoms with Crippen LogP contribution in [0.2, 0.25) is 0 Å². The van der Waals surface area contributed by atoms with E-state index in [1.165, 1.54) is 44.3 Å². The summed E-state index contributed by atoms with van der Waals surface area (Å²) in [4.78, 5) is 0. The summed E-state index contributed by atoms with van der Waals surface area (Å²) >= 11 is 2.21. The van der Waals surface area contributed by atoms with Gasteiger partial charge in [0.2, 0.25) is 0 Å². The zero-order valence-electron chi connectivity index (χ0n) is 10.7. The second-order valence-electron chi connectivity index (χ2n) is 7.45. The zero-order valence-corrected chi connectivity index (χ0v) is 11.5. The van der Waals surface area contributed by atoms with Gasteiger partial charge >= 0.3 is 0 Å². The van der Waals surface area contributed by atoms with Crippen LogP contribution in [0, 0.1) is 16.7 Å². The fraction of sp³-hybridized carbons (Fsp3) is 1.00. The molecule has 4 saturated carbocycles. The molecule has 4 atom stereocenters. The van der Waals surface area contributed by atoms with Crippen LogP contribution in [-0.4, -0.2) is 17.0 Å². The predicted octanol–water partition coefficient (Wildman–Crippen LogP) is 3.43. The maximum absolute atomic E-state index is 5.70. The van der Waals surface area contributed by atoms with Crippen LogP contribution in [0.15, 0.2) is 0 Å². The molecule has 0 aromatic heterocycles. The molecular formula is C14H25NS. The van der Waals surface area contributed by atoms with Crippen molar-refractivity contribution in [3.8, 4) is 0 Å². The summed E-state index contributed by atoms with van der Waals surface area (Å²) < 4.78 is 0.613. The SMILES string of the molecule is C[C@]12CC3CC(SCCN)(C1)C[C@@](C)(C3)C2. The van der Waals surface area contributed by atoms with E-state index in [1.54, 1.807) is 0 Å². The molecule has 0 aromatic rings. The molecule has 2 heteroatoms. The Hall–Kier alpha value is 0.310. The van der Waals surface area contributed by atoms with E-state index in [1.807, 2.05) is 0 Å². The van der Waals surface area contributed by atoms with Crippen molar-refractivity contribution in [1.82, 2.24) is 0 Å². The first-order valence-corrected chi connectivity index (χ1v) is 7.79. The Labute approximate surface area is 104 Å². The Balaban J connectivity index is 1.86. The van der Waals surface area contributed by atoms with Crippen molar-refractivity contribution in [3.05, 3.63) is 0 Å². The second-order valence-corrected chi connectivity index (χ2v) is 9.01. The lowest BCUT2D eigenvalue weighted by molar-refractivity contribution is -0.0777. The zero-order chi connectivity index (χ0) is 11.4. The highest BCUT2D eigenvalue weighted by Crippen LogP contribution is 2.69. The normalized spacial score (nSPS) is 54.6. The molecule has 4 rings (SSSR count). The van der Waals surface area contributed by atoms with E-state index in [2.05, 4.69) is 25.6 Å². The fourth-order valence-electron chi connectivity index (χ4n) is 5.78. The van der Waals surface area contributed by atoms with E-state index >= 15 is 0 Å². The van der Waals surface area contributed by atoms with E-state index in [-0.39, 0.29) is 0 Å². The monoisotopic (exact) mass is 239 g/mol. The lowest BCUT2D eigenvalue weighted by Gasteiger charge is -2.65. The summed E-state index contributed by atoms with van der Waals surface area (Å²) in [6.07, 6.45) is 8.93. The first-order chi connectivity index (χ1) is 7.47. The number of thioether (sulfide) groups is 1. The minimum atomic E-state index is 0.613. The fourth-order valence-corrected chi connectivity index (χ4v) is 7.58. The first-order valence-electron chi connectivity index (χ1n) is 6.81. The van der Waals surface area contributed by atoms with Crippen molar-refractivity contribution in [2.75, 3.05) is 12.3 Å². The lowest BCUT2D eigenvalue weighted by atomic mass is 9.45. The largest absolute Gasteiger partial charge is 0.330 e. The highest BCUT2D eigenvalue weighted by Gasteiger charge is 2.59. The lowest BCUT2D eigenvalue weighted by Crippen LogP contribution is -2.57. The Bertz CT molecular complexity index is 283. The van der Waals surface area contributed by atoms with Gasteiger partial charge in [0.15, 0.2) is 0 Å². The molecule has 0 saturated heterocycles. The smallest absolute Gasteiger partial charge is 0.0173 e. The average Bonchev–Trinajstić information content (AvgIpc) is 2.08. The molecule has 2 unspecified atom stereocenters. The van der Waals surface area contributed by atoms with Gasteiger partial charge < -0.3 is 5.73 Å². The van der Waals surface area contributed by atoms with Gasteiger partial charge in [0, 0.05) is 17.0 Å². The van der Waals surface area contributed by atoms with Crippen molar-refractivity contribution in [2.24, 2.45) is 22.5 Å². The van der Waals surface area contributed by atoms with Crippen LogP contribution in [0.25, 0.3) is 0 Å². The summed E-state index contributed by atoms with van der Waals surface area (Å²) in [5.74, 6) is 2.19. The van der Waals surface area contributed by atoms with Crippen LogP contribution < -0.4 is 5.73 Å². The van der Waals surface area contributed by atoms with Crippen molar-refractivity contribution in [2.45, 2.75) is 57.1 Å². The number of rotatable bonds is 3. The summed E-state index contributed by atoms with van der Waals surface area (Å²) in [5, 5.41) is 0. The molecule has 1 nitrogen and oxygen atoms in total. The van der Waals surface area contributed by atoms with Crippen LogP contribution in [0.5, 0.6) is 0 Å². The average molecular weight is 239 g/mol. The molecule has 0 amide bonds. The summed E-state index contributed by atoms with van der Waals surface area (Å²) in [7, 11) is 0.